The molecule has 0 rings (SSSR count). The van der Waals surface area contributed by atoms with Crippen LogP contribution in [-0.2, 0) is 9.53 Å². The Morgan fingerprint density at radius 2 is 1.75 bits per heavy atom. The van der Waals surface area contributed by atoms with Gasteiger partial charge in [0.15, 0.2) is 0 Å². The largest absolute Gasteiger partial charge is 0.480 e. The molecule has 20 heavy (non-hydrogen) atoms. The van der Waals surface area contributed by atoms with Crippen LogP contribution in [0.15, 0.2) is 0 Å². The zero-order chi connectivity index (χ0) is 15.7. The minimum atomic E-state index is -1.01. The van der Waals surface area contributed by atoms with Crippen molar-refractivity contribution in [3.05, 3.63) is 0 Å². The van der Waals surface area contributed by atoms with Crippen LogP contribution in [0.3, 0.4) is 0 Å². The number of urea groups is 1. The van der Waals surface area contributed by atoms with Gasteiger partial charge in [-0.25, -0.2) is 9.59 Å². The van der Waals surface area contributed by atoms with Gasteiger partial charge in [-0.1, -0.05) is 34.1 Å². The van der Waals surface area contributed by atoms with Crippen molar-refractivity contribution in [1.82, 2.24) is 10.6 Å². The molecule has 0 aromatic carbocycles. The van der Waals surface area contributed by atoms with E-state index in [9.17, 15) is 9.59 Å². The molecular formula is C14H28N2O4. The maximum atomic E-state index is 11.9. The van der Waals surface area contributed by atoms with Crippen LogP contribution in [0.2, 0.25) is 0 Å². The van der Waals surface area contributed by atoms with Gasteiger partial charge >= 0.3 is 12.0 Å². The Bertz CT molecular complexity index is 308. The van der Waals surface area contributed by atoms with Crippen LogP contribution >= 0.6 is 0 Å². The number of aliphatic carboxylic acids is 1. The molecule has 0 aliphatic carbocycles. The van der Waals surface area contributed by atoms with Crippen LogP contribution in [0.1, 0.15) is 41.0 Å². The highest BCUT2D eigenvalue weighted by atomic mass is 16.5. The summed E-state index contributed by atoms with van der Waals surface area (Å²) in [7, 11) is 0. The lowest BCUT2D eigenvalue weighted by molar-refractivity contribution is -0.140. The molecule has 0 spiro atoms. The van der Waals surface area contributed by atoms with Crippen molar-refractivity contribution >= 4 is 12.0 Å². The van der Waals surface area contributed by atoms with Gasteiger partial charge in [-0.15, -0.1) is 0 Å². The Balaban J connectivity index is 4.52. The minimum Gasteiger partial charge on any atom is -0.480 e. The first-order chi connectivity index (χ1) is 9.33. The molecule has 6 heteroatoms. The molecule has 0 aliphatic heterocycles. The van der Waals surface area contributed by atoms with Gasteiger partial charge in [-0.2, -0.15) is 0 Å². The van der Waals surface area contributed by atoms with Crippen LogP contribution in [0.4, 0.5) is 4.79 Å². The zero-order valence-corrected chi connectivity index (χ0v) is 13.1. The number of amides is 2. The Labute approximate surface area is 121 Å². The molecule has 0 aromatic heterocycles. The van der Waals surface area contributed by atoms with Crippen molar-refractivity contribution < 1.29 is 19.4 Å². The molecule has 3 N–H and O–H groups in total. The number of carboxylic acid groups (broad SMARTS) is 1. The molecule has 0 bridgehead atoms. The van der Waals surface area contributed by atoms with E-state index in [2.05, 4.69) is 10.6 Å². The predicted molar refractivity (Wildman–Crippen MR) is 77.7 cm³/mol. The Hall–Kier alpha value is -1.30. The van der Waals surface area contributed by atoms with E-state index in [0.29, 0.717) is 19.6 Å². The fourth-order valence-electron chi connectivity index (χ4n) is 1.68. The number of hydrogen-bond acceptors (Lipinski definition) is 3. The molecule has 0 saturated heterocycles. The molecule has 0 aromatic rings. The van der Waals surface area contributed by atoms with Gasteiger partial charge in [0.05, 0.1) is 12.6 Å². The smallest absolute Gasteiger partial charge is 0.326 e. The van der Waals surface area contributed by atoms with Gasteiger partial charge < -0.3 is 20.5 Å². The molecule has 118 valence electrons. The lowest BCUT2D eigenvalue weighted by Gasteiger charge is -2.25. The molecule has 6 nitrogen and oxygen atoms in total. The average Bonchev–Trinajstić information content (AvgIpc) is 2.39. The second-order valence-corrected chi connectivity index (χ2v) is 5.33. The van der Waals surface area contributed by atoms with Gasteiger partial charge in [0.2, 0.25) is 0 Å². The molecule has 2 amide bonds. The summed E-state index contributed by atoms with van der Waals surface area (Å²) in [5.74, 6) is -0.928. The van der Waals surface area contributed by atoms with Crippen LogP contribution in [0, 0.1) is 11.8 Å². The van der Waals surface area contributed by atoms with Crippen LogP contribution in [-0.4, -0.2) is 42.4 Å². The monoisotopic (exact) mass is 288 g/mol. The fraction of sp³-hybridized carbons (Fsp3) is 0.857. The van der Waals surface area contributed by atoms with Gasteiger partial charge in [-0.05, 0) is 18.8 Å². The standard InChI is InChI=1S/C14H28N2O4/c1-6-10(5)12(13(17)18)16-14(19)15-11(9(3)4)8-20-7-2/h9-12H,6-8H2,1-5H3,(H,17,18)(H2,15,16,19)/t10?,11?,12-/m0/s1. The summed E-state index contributed by atoms with van der Waals surface area (Å²) in [5.41, 5.74) is 0. The van der Waals surface area contributed by atoms with E-state index in [0.717, 1.165) is 0 Å². The van der Waals surface area contributed by atoms with E-state index < -0.39 is 18.0 Å². The second kappa shape index (κ2) is 9.58. The van der Waals surface area contributed by atoms with Crippen molar-refractivity contribution in [2.24, 2.45) is 11.8 Å². The SMILES string of the molecule is CCOCC(NC(=O)N[C@H](C(=O)O)C(C)CC)C(C)C. The first kappa shape index (κ1) is 18.7. The van der Waals surface area contributed by atoms with Gasteiger partial charge in [0.25, 0.3) is 0 Å². The summed E-state index contributed by atoms with van der Waals surface area (Å²) in [5, 5.41) is 14.4. The summed E-state index contributed by atoms with van der Waals surface area (Å²) in [6, 6.07) is -1.47. The molecule has 0 aliphatic rings. The number of carbonyl (C=O) groups is 2. The van der Waals surface area contributed by atoms with Gasteiger partial charge in [0.1, 0.15) is 6.04 Å². The first-order valence-electron chi connectivity index (χ1n) is 7.20. The Kier molecular flexibility index (Phi) is 8.96. The number of nitrogens with one attached hydrogen (secondary N) is 2. The molecular weight excluding hydrogens is 260 g/mol. The predicted octanol–water partition coefficient (Wildman–Crippen LogP) is 1.85. The lowest BCUT2D eigenvalue weighted by atomic mass is 9.99. The maximum Gasteiger partial charge on any atom is 0.326 e. The van der Waals surface area contributed by atoms with Gasteiger partial charge in [-0.3, -0.25) is 0 Å². The highest BCUT2D eigenvalue weighted by Gasteiger charge is 2.26. The highest BCUT2D eigenvalue weighted by Crippen LogP contribution is 2.08. The van der Waals surface area contributed by atoms with Crippen molar-refractivity contribution in [3.8, 4) is 0 Å². The maximum absolute atomic E-state index is 11.9. The summed E-state index contributed by atoms with van der Waals surface area (Å²) in [6.07, 6.45) is 0.684. The van der Waals surface area contributed by atoms with Crippen LogP contribution in [0.25, 0.3) is 0 Å². The highest BCUT2D eigenvalue weighted by molar-refractivity contribution is 5.82. The van der Waals surface area contributed by atoms with Crippen LogP contribution in [0.5, 0.6) is 0 Å². The normalized spacial score (nSPS) is 15.5. The van der Waals surface area contributed by atoms with E-state index >= 15 is 0 Å². The minimum absolute atomic E-state index is 0.123. The van der Waals surface area contributed by atoms with E-state index in [1.807, 2.05) is 27.7 Å². The summed E-state index contributed by atoms with van der Waals surface area (Å²) >= 11 is 0. The average molecular weight is 288 g/mol. The number of hydrogen-bond donors (Lipinski definition) is 3. The molecule has 0 fully saturated rings. The summed E-state index contributed by atoms with van der Waals surface area (Å²) in [4.78, 5) is 23.1. The number of ether oxygens (including phenoxy) is 1. The first-order valence-corrected chi connectivity index (χ1v) is 7.20. The molecule has 0 saturated carbocycles. The third-order valence-corrected chi connectivity index (χ3v) is 3.39. The van der Waals surface area contributed by atoms with E-state index in [1.54, 1.807) is 6.92 Å². The summed E-state index contributed by atoms with van der Waals surface area (Å²) in [6.45, 7) is 10.5. The van der Waals surface area contributed by atoms with Gasteiger partial charge in [0, 0.05) is 6.61 Å². The lowest BCUT2D eigenvalue weighted by Crippen LogP contribution is -2.53. The molecule has 0 radical (unpaired) electrons. The Morgan fingerprint density at radius 3 is 2.15 bits per heavy atom. The van der Waals surface area contributed by atoms with Crippen LogP contribution < -0.4 is 10.6 Å². The number of rotatable bonds is 9. The van der Waals surface area contributed by atoms with Crippen molar-refractivity contribution in [1.29, 1.82) is 0 Å². The number of carbonyl (C=O) groups excluding carboxylic acids is 1. The molecule has 0 heterocycles. The van der Waals surface area contributed by atoms with E-state index in [-0.39, 0.29) is 17.9 Å². The quantitative estimate of drug-likeness (QED) is 0.604. The molecule has 2 unspecified atom stereocenters. The third-order valence-electron chi connectivity index (χ3n) is 3.39. The van der Waals surface area contributed by atoms with E-state index in [1.165, 1.54) is 0 Å². The Morgan fingerprint density at radius 1 is 1.15 bits per heavy atom. The number of carboxylic acids is 1. The molecule has 3 atom stereocenters. The second-order valence-electron chi connectivity index (χ2n) is 5.33. The zero-order valence-electron chi connectivity index (χ0n) is 13.1. The summed E-state index contributed by atoms with van der Waals surface area (Å²) < 4.78 is 5.32. The topological polar surface area (TPSA) is 87.7 Å². The van der Waals surface area contributed by atoms with Crippen molar-refractivity contribution in [2.45, 2.75) is 53.1 Å². The van der Waals surface area contributed by atoms with E-state index in [4.69, 9.17) is 9.84 Å². The van der Waals surface area contributed by atoms with Crippen molar-refractivity contribution in [2.75, 3.05) is 13.2 Å². The van der Waals surface area contributed by atoms with Crippen molar-refractivity contribution in [3.63, 3.8) is 0 Å². The third kappa shape index (κ3) is 6.75. The fourth-order valence-corrected chi connectivity index (χ4v) is 1.68.